The summed E-state index contributed by atoms with van der Waals surface area (Å²) in [5.74, 6) is -0.266. The summed E-state index contributed by atoms with van der Waals surface area (Å²) >= 11 is 6.34. The van der Waals surface area contributed by atoms with Gasteiger partial charge in [0.2, 0.25) is 0 Å². The molecule has 0 aliphatic rings. The molecule has 42 heavy (non-hydrogen) atoms. The van der Waals surface area contributed by atoms with Crippen LogP contribution in [0.25, 0.3) is 16.9 Å². The van der Waals surface area contributed by atoms with E-state index in [0.29, 0.717) is 27.6 Å². The molecule has 0 saturated carbocycles. The fourth-order valence-corrected chi connectivity index (χ4v) is 4.64. The van der Waals surface area contributed by atoms with Gasteiger partial charge in [0.25, 0.3) is 11.8 Å². The van der Waals surface area contributed by atoms with Crippen molar-refractivity contribution in [3.05, 3.63) is 137 Å². The number of rotatable bonds is 9. The number of carbonyl (C=O) groups excluding carboxylic acids is 2. The SMILES string of the molecule is Cc1ccc(NC(=O)COc2ccc(/C=N/NC(=O)c3ccc(-n4c(C)ccc4-c4ccccc4)cc3)cc2Cl)cc1. The Morgan fingerprint density at radius 1 is 0.881 bits per heavy atom. The van der Waals surface area contributed by atoms with Crippen molar-refractivity contribution in [1.29, 1.82) is 0 Å². The summed E-state index contributed by atoms with van der Waals surface area (Å²) in [6, 6.07) is 34.2. The zero-order valence-electron chi connectivity index (χ0n) is 23.2. The Morgan fingerprint density at radius 2 is 1.62 bits per heavy atom. The molecule has 7 nitrogen and oxygen atoms in total. The molecule has 4 aromatic carbocycles. The summed E-state index contributed by atoms with van der Waals surface area (Å²) in [7, 11) is 0. The average molecular weight is 577 g/mol. The van der Waals surface area contributed by atoms with Crippen molar-refractivity contribution in [2.45, 2.75) is 13.8 Å². The Hall–Kier alpha value is -5.14. The van der Waals surface area contributed by atoms with Crippen LogP contribution in [0.2, 0.25) is 5.02 Å². The monoisotopic (exact) mass is 576 g/mol. The molecule has 0 spiro atoms. The van der Waals surface area contributed by atoms with Crippen LogP contribution in [0, 0.1) is 13.8 Å². The minimum absolute atomic E-state index is 0.187. The number of carbonyl (C=O) groups is 2. The highest BCUT2D eigenvalue weighted by Crippen LogP contribution is 2.27. The van der Waals surface area contributed by atoms with Gasteiger partial charge in [-0.15, -0.1) is 0 Å². The number of benzene rings is 4. The molecule has 2 N–H and O–H groups in total. The van der Waals surface area contributed by atoms with E-state index in [9.17, 15) is 9.59 Å². The van der Waals surface area contributed by atoms with Crippen LogP contribution in [0.1, 0.15) is 27.2 Å². The number of ether oxygens (including phenoxy) is 1. The van der Waals surface area contributed by atoms with Crippen LogP contribution in [0.15, 0.2) is 114 Å². The van der Waals surface area contributed by atoms with E-state index in [-0.39, 0.29) is 18.4 Å². The molecule has 5 aromatic rings. The molecular weight excluding hydrogens is 548 g/mol. The third-order valence-electron chi connectivity index (χ3n) is 6.56. The molecule has 1 aromatic heterocycles. The number of hydrogen-bond acceptors (Lipinski definition) is 4. The fraction of sp³-hybridized carbons (Fsp3) is 0.0882. The molecule has 5 rings (SSSR count). The zero-order valence-corrected chi connectivity index (χ0v) is 23.9. The highest BCUT2D eigenvalue weighted by Gasteiger charge is 2.11. The van der Waals surface area contributed by atoms with E-state index in [4.69, 9.17) is 16.3 Å². The van der Waals surface area contributed by atoms with Crippen molar-refractivity contribution < 1.29 is 14.3 Å². The van der Waals surface area contributed by atoms with Crippen molar-refractivity contribution in [2.75, 3.05) is 11.9 Å². The van der Waals surface area contributed by atoms with Crippen molar-refractivity contribution in [2.24, 2.45) is 5.10 Å². The van der Waals surface area contributed by atoms with Gasteiger partial charge >= 0.3 is 0 Å². The van der Waals surface area contributed by atoms with Gasteiger partial charge in [0, 0.05) is 22.6 Å². The number of amides is 2. The van der Waals surface area contributed by atoms with Crippen molar-refractivity contribution in [3.63, 3.8) is 0 Å². The number of aromatic nitrogens is 1. The molecule has 1 heterocycles. The predicted octanol–water partition coefficient (Wildman–Crippen LogP) is 7.20. The number of hydrazone groups is 1. The molecule has 0 unspecified atom stereocenters. The minimum atomic E-state index is -0.337. The Labute approximate surface area is 249 Å². The highest BCUT2D eigenvalue weighted by molar-refractivity contribution is 6.32. The Balaban J connectivity index is 1.16. The average Bonchev–Trinajstić information content (AvgIpc) is 3.39. The lowest BCUT2D eigenvalue weighted by Crippen LogP contribution is -2.20. The number of hydrogen-bond donors (Lipinski definition) is 2. The van der Waals surface area contributed by atoms with Crippen LogP contribution in [0.5, 0.6) is 5.75 Å². The predicted molar refractivity (Wildman–Crippen MR) is 168 cm³/mol. The van der Waals surface area contributed by atoms with Crippen LogP contribution in [-0.4, -0.2) is 29.2 Å². The zero-order chi connectivity index (χ0) is 29.5. The van der Waals surface area contributed by atoms with Gasteiger partial charge < -0.3 is 14.6 Å². The van der Waals surface area contributed by atoms with Crippen LogP contribution < -0.4 is 15.5 Å². The lowest BCUT2D eigenvalue weighted by molar-refractivity contribution is -0.118. The summed E-state index contributed by atoms with van der Waals surface area (Å²) in [5.41, 5.74) is 9.73. The van der Waals surface area contributed by atoms with Crippen LogP contribution >= 0.6 is 11.6 Å². The molecule has 0 atom stereocenters. The van der Waals surface area contributed by atoms with Gasteiger partial charge in [0.15, 0.2) is 6.61 Å². The van der Waals surface area contributed by atoms with Crippen molar-refractivity contribution >= 4 is 35.3 Å². The molecule has 0 saturated heterocycles. The second kappa shape index (κ2) is 13.0. The summed E-state index contributed by atoms with van der Waals surface area (Å²) < 4.78 is 7.72. The molecule has 0 bridgehead atoms. The highest BCUT2D eigenvalue weighted by atomic mass is 35.5. The first-order valence-electron chi connectivity index (χ1n) is 13.3. The molecule has 210 valence electrons. The second-order valence-electron chi connectivity index (χ2n) is 9.70. The number of halogens is 1. The maximum absolute atomic E-state index is 12.7. The topological polar surface area (TPSA) is 84.7 Å². The van der Waals surface area contributed by atoms with Crippen LogP contribution in [-0.2, 0) is 4.79 Å². The molecule has 8 heteroatoms. The smallest absolute Gasteiger partial charge is 0.271 e. The first-order chi connectivity index (χ1) is 20.4. The Kier molecular flexibility index (Phi) is 8.80. The Morgan fingerprint density at radius 3 is 2.33 bits per heavy atom. The number of nitrogens with one attached hydrogen (secondary N) is 2. The van der Waals surface area contributed by atoms with Gasteiger partial charge in [0.1, 0.15) is 5.75 Å². The summed E-state index contributed by atoms with van der Waals surface area (Å²) in [5, 5.41) is 7.16. The van der Waals surface area contributed by atoms with E-state index >= 15 is 0 Å². The minimum Gasteiger partial charge on any atom is -0.482 e. The summed E-state index contributed by atoms with van der Waals surface area (Å²) in [4.78, 5) is 24.9. The van der Waals surface area contributed by atoms with Crippen LogP contribution in [0.3, 0.4) is 0 Å². The molecular formula is C34H29ClN4O3. The summed E-state index contributed by atoms with van der Waals surface area (Å²) in [6.07, 6.45) is 1.49. The molecule has 2 amide bonds. The molecule has 0 fully saturated rings. The standard InChI is InChI=1S/C34H29ClN4O3/c1-23-8-14-28(15-9-23)37-33(40)22-42-32-19-11-25(20-30(32)35)21-36-38-34(41)27-12-16-29(17-13-27)39-24(2)10-18-31(39)26-6-4-3-5-7-26/h3-21H,22H2,1-2H3,(H,37,40)(H,38,41)/b36-21+. The van der Waals surface area contributed by atoms with Gasteiger partial charge in [-0.3, -0.25) is 9.59 Å². The maximum atomic E-state index is 12.7. The van der Waals surface area contributed by atoms with E-state index < -0.39 is 0 Å². The first-order valence-corrected chi connectivity index (χ1v) is 13.7. The van der Waals surface area contributed by atoms with E-state index in [1.807, 2.05) is 61.5 Å². The Bertz CT molecular complexity index is 1730. The third kappa shape index (κ3) is 6.95. The lowest BCUT2D eigenvalue weighted by atomic mass is 10.1. The third-order valence-corrected chi connectivity index (χ3v) is 6.86. The molecule has 0 aliphatic heterocycles. The van der Waals surface area contributed by atoms with Gasteiger partial charge in [-0.05, 0) is 91.7 Å². The van der Waals surface area contributed by atoms with E-state index in [1.54, 1.807) is 30.3 Å². The largest absolute Gasteiger partial charge is 0.482 e. The van der Waals surface area contributed by atoms with E-state index in [2.05, 4.69) is 51.6 Å². The molecule has 0 radical (unpaired) electrons. The van der Waals surface area contributed by atoms with Gasteiger partial charge in [-0.1, -0.05) is 59.6 Å². The first kappa shape index (κ1) is 28.4. The van der Waals surface area contributed by atoms with Gasteiger partial charge in [-0.25, -0.2) is 5.43 Å². The second-order valence-corrected chi connectivity index (χ2v) is 10.1. The number of aryl methyl sites for hydroxylation is 2. The van der Waals surface area contributed by atoms with E-state index in [0.717, 1.165) is 28.2 Å². The normalized spacial score (nSPS) is 10.9. The van der Waals surface area contributed by atoms with Gasteiger partial charge in [0.05, 0.1) is 16.9 Å². The van der Waals surface area contributed by atoms with Crippen molar-refractivity contribution in [3.8, 4) is 22.7 Å². The molecule has 0 aliphatic carbocycles. The quantitative estimate of drug-likeness (QED) is 0.144. The van der Waals surface area contributed by atoms with Crippen molar-refractivity contribution in [1.82, 2.24) is 9.99 Å². The van der Waals surface area contributed by atoms with Crippen LogP contribution in [0.4, 0.5) is 5.69 Å². The number of anilines is 1. The summed E-state index contributed by atoms with van der Waals surface area (Å²) in [6.45, 7) is 3.84. The van der Waals surface area contributed by atoms with Gasteiger partial charge in [-0.2, -0.15) is 5.10 Å². The fourth-order valence-electron chi connectivity index (χ4n) is 4.40. The number of nitrogens with zero attached hydrogens (tertiary/aromatic N) is 2. The lowest BCUT2D eigenvalue weighted by Gasteiger charge is -2.12. The maximum Gasteiger partial charge on any atom is 0.271 e. The van der Waals surface area contributed by atoms with E-state index in [1.165, 1.54) is 6.21 Å².